The largest absolute Gasteiger partial charge is 0.393 e. The Morgan fingerprint density at radius 2 is 1.55 bits per heavy atom. The topological polar surface area (TPSA) is 101 Å². The predicted octanol–water partition coefficient (Wildman–Crippen LogP) is 6.42. The van der Waals surface area contributed by atoms with Gasteiger partial charge in [-0.2, -0.15) is 0 Å². The third-order valence-electron chi connectivity index (χ3n) is 7.97. The molecule has 0 bridgehead atoms. The standard InChI is InChI=1S/C34H35N5O3/c1-23-4-2-5-25-22-27(37-33(41)24-7-12-28(13-8-24)38-20-17-30(40)18-21-38)11-16-32(25)39(23)29-14-9-26(10-15-29)36-34(42)31-6-3-19-35-31/h2-3,5-16,19,22-23,30,35,40H,4,17-18,20-21H2,1H3,(H,36,42)(H,37,41). The van der Waals surface area contributed by atoms with Crippen LogP contribution >= 0.6 is 0 Å². The molecule has 2 aliphatic rings. The fourth-order valence-corrected chi connectivity index (χ4v) is 5.64. The van der Waals surface area contributed by atoms with E-state index in [1.807, 2.05) is 66.7 Å². The molecule has 2 amide bonds. The summed E-state index contributed by atoms with van der Waals surface area (Å²) in [7, 11) is 0. The van der Waals surface area contributed by atoms with E-state index < -0.39 is 0 Å². The minimum absolute atomic E-state index is 0.157. The molecule has 6 rings (SSSR count). The number of anilines is 5. The van der Waals surface area contributed by atoms with Crippen LogP contribution in [-0.4, -0.2) is 47.1 Å². The van der Waals surface area contributed by atoms with Gasteiger partial charge in [-0.15, -0.1) is 0 Å². The first kappa shape index (κ1) is 27.4. The minimum Gasteiger partial charge on any atom is -0.393 e. The zero-order valence-corrected chi connectivity index (χ0v) is 23.6. The number of rotatable bonds is 6. The molecule has 3 heterocycles. The number of aliphatic hydroxyl groups excluding tert-OH is 1. The van der Waals surface area contributed by atoms with Crippen molar-refractivity contribution in [1.29, 1.82) is 0 Å². The molecule has 0 radical (unpaired) electrons. The van der Waals surface area contributed by atoms with Gasteiger partial charge < -0.3 is 30.5 Å². The molecule has 1 fully saturated rings. The predicted molar refractivity (Wildman–Crippen MR) is 169 cm³/mol. The third kappa shape index (κ3) is 5.94. The van der Waals surface area contributed by atoms with Gasteiger partial charge in [-0.3, -0.25) is 9.59 Å². The quantitative estimate of drug-likeness (QED) is 0.218. The van der Waals surface area contributed by atoms with E-state index in [2.05, 4.69) is 44.5 Å². The number of aromatic nitrogens is 1. The van der Waals surface area contributed by atoms with E-state index in [0.29, 0.717) is 11.3 Å². The summed E-state index contributed by atoms with van der Waals surface area (Å²) in [6.45, 7) is 3.82. The van der Waals surface area contributed by atoms with E-state index in [9.17, 15) is 14.7 Å². The third-order valence-corrected chi connectivity index (χ3v) is 7.97. The second-order valence-corrected chi connectivity index (χ2v) is 10.9. The van der Waals surface area contributed by atoms with Crippen molar-refractivity contribution in [2.24, 2.45) is 0 Å². The zero-order chi connectivity index (χ0) is 29.1. The zero-order valence-electron chi connectivity index (χ0n) is 23.6. The van der Waals surface area contributed by atoms with E-state index in [4.69, 9.17) is 0 Å². The number of nitrogens with zero attached hydrogens (tertiary/aromatic N) is 2. The van der Waals surface area contributed by atoms with Gasteiger partial charge in [0.15, 0.2) is 0 Å². The van der Waals surface area contributed by atoms with Gasteiger partial charge >= 0.3 is 0 Å². The molecule has 0 aliphatic carbocycles. The number of carbonyl (C=O) groups is 2. The molecule has 8 nitrogen and oxygen atoms in total. The maximum atomic E-state index is 13.1. The van der Waals surface area contributed by atoms with Crippen LogP contribution in [-0.2, 0) is 0 Å². The van der Waals surface area contributed by atoms with Crippen LogP contribution in [0.5, 0.6) is 0 Å². The lowest BCUT2D eigenvalue weighted by Gasteiger charge is -2.31. The molecular formula is C34H35N5O3. The van der Waals surface area contributed by atoms with Crippen molar-refractivity contribution in [1.82, 2.24) is 4.98 Å². The maximum absolute atomic E-state index is 13.1. The molecule has 3 aromatic carbocycles. The molecule has 1 aromatic heterocycles. The molecule has 42 heavy (non-hydrogen) atoms. The summed E-state index contributed by atoms with van der Waals surface area (Å²) in [6.07, 6.45) is 8.18. The average molecular weight is 562 g/mol. The Kier molecular flexibility index (Phi) is 7.79. The van der Waals surface area contributed by atoms with Crippen molar-refractivity contribution in [2.75, 3.05) is 33.5 Å². The number of amides is 2. The van der Waals surface area contributed by atoms with Crippen molar-refractivity contribution in [3.05, 3.63) is 108 Å². The van der Waals surface area contributed by atoms with Crippen LogP contribution in [0.3, 0.4) is 0 Å². The van der Waals surface area contributed by atoms with Gasteiger partial charge in [0.25, 0.3) is 11.8 Å². The van der Waals surface area contributed by atoms with Gasteiger partial charge in [-0.05, 0) is 111 Å². The SMILES string of the molecule is CC1CC=Cc2cc(NC(=O)c3ccc(N4CCC(O)CC4)cc3)ccc2N1c1ccc(NC(=O)c2ccc[nH]2)cc1. The van der Waals surface area contributed by atoms with Crippen molar-refractivity contribution >= 4 is 46.3 Å². The Morgan fingerprint density at radius 1 is 0.857 bits per heavy atom. The van der Waals surface area contributed by atoms with E-state index >= 15 is 0 Å². The normalized spacial score (nSPS) is 17.0. The van der Waals surface area contributed by atoms with Crippen molar-refractivity contribution < 1.29 is 14.7 Å². The first-order chi connectivity index (χ1) is 20.4. The van der Waals surface area contributed by atoms with Gasteiger partial charge in [-0.1, -0.05) is 12.2 Å². The summed E-state index contributed by atoms with van der Waals surface area (Å²) in [5.41, 5.74) is 6.72. The molecule has 0 spiro atoms. The number of carbonyl (C=O) groups excluding carboxylic acids is 2. The maximum Gasteiger partial charge on any atom is 0.272 e. The summed E-state index contributed by atoms with van der Waals surface area (Å²) in [4.78, 5) is 32.9. The summed E-state index contributed by atoms with van der Waals surface area (Å²) < 4.78 is 0. The number of benzene rings is 3. The van der Waals surface area contributed by atoms with Gasteiger partial charge in [0.1, 0.15) is 5.69 Å². The Bertz CT molecular complexity index is 1570. The number of hydrogen-bond donors (Lipinski definition) is 4. The van der Waals surface area contributed by atoms with Gasteiger partial charge in [0, 0.05) is 59.3 Å². The molecule has 1 atom stereocenters. The fourth-order valence-electron chi connectivity index (χ4n) is 5.64. The molecule has 1 unspecified atom stereocenters. The van der Waals surface area contributed by atoms with E-state index in [-0.39, 0.29) is 24.0 Å². The smallest absolute Gasteiger partial charge is 0.272 e. The highest BCUT2D eigenvalue weighted by Crippen LogP contribution is 2.37. The van der Waals surface area contributed by atoms with E-state index in [0.717, 1.165) is 66.4 Å². The minimum atomic E-state index is -0.215. The highest BCUT2D eigenvalue weighted by atomic mass is 16.3. The number of piperidine rings is 1. The van der Waals surface area contributed by atoms with Gasteiger partial charge in [0.2, 0.25) is 0 Å². The lowest BCUT2D eigenvalue weighted by atomic mass is 10.1. The number of aliphatic hydroxyl groups is 1. The Balaban J connectivity index is 1.16. The van der Waals surface area contributed by atoms with E-state index in [1.54, 1.807) is 18.3 Å². The average Bonchev–Trinajstić information content (AvgIpc) is 3.50. The first-order valence-electron chi connectivity index (χ1n) is 14.4. The van der Waals surface area contributed by atoms with Gasteiger partial charge in [0.05, 0.1) is 6.10 Å². The molecule has 4 aromatic rings. The van der Waals surface area contributed by atoms with Crippen molar-refractivity contribution in [3.8, 4) is 0 Å². The molecule has 4 N–H and O–H groups in total. The Labute approximate surface area is 245 Å². The van der Waals surface area contributed by atoms with Crippen LogP contribution < -0.4 is 20.4 Å². The van der Waals surface area contributed by atoms with E-state index in [1.165, 1.54) is 0 Å². The number of H-pyrrole nitrogens is 1. The Hall–Kier alpha value is -4.82. The number of fused-ring (bicyclic) bond motifs is 1. The van der Waals surface area contributed by atoms with Crippen LogP contribution in [0.4, 0.5) is 28.4 Å². The highest BCUT2D eigenvalue weighted by Gasteiger charge is 2.22. The van der Waals surface area contributed by atoms with Crippen LogP contribution in [0.2, 0.25) is 0 Å². The van der Waals surface area contributed by atoms with Crippen LogP contribution in [0.25, 0.3) is 6.08 Å². The molecule has 8 heteroatoms. The van der Waals surface area contributed by atoms with Crippen LogP contribution in [0.1, 0.15) is 52.6 Å². The molecule has 2 aliphatic heterocycles. The number of nitrogens with one attached hydrogen (secondary N) is 3. The first-order valence-corrected chi connectivity index (χ1v) is 14.4. The second-order valence-electron chi connectivity index (χ2n) is 10.9. The monoisotopic (exact) mass is 561 g/mol. The summed E-state index contributed by atoms with van der Waals surface area (Å²) in [5, 5.41) is 15.7. The Morgan fingerprint density at radius 3 is 2.26 bits per heavy atom. The molecule has 214 valence electrons. The lowest BCUT2D eigenvalue weighted by molar-refractivity contribution is 0.101. The summed E-state index contributed by atoms with van der Waals surface area (Å²) >= 11 is 0. The molecule has 0 saturated carbocycles. The van der Waals surface area contributed by atoms with Gasteiger partial charge in [-0.25, -0.2) is 0 Å². The highest BCUT2D eigenvalue weighted by molar-refractivity contribution is 6.05. The molecular weight excluding hydrogens is 526 g/mol. The fraction of sp³-hybridized carbons (Fsp3) is 0.235. The second kappa shape index (κ2) is 12.0. The van der Waals surface area contributed by atoms with Crippen molar-refractivity contribution in [3.63, 3.8) is 0 Å². The molecule has 1 saturated heterocycles. The number of aromatic amines is 1. The van der Waals surface area contributed by atoms with Crippen molar-refractivity contribution in [2.45, 2.75) is 38.3 Å². The summed E-state index contributed by atoms with van der Waals surface area (Å²) in [5.74, 6) is -0.339. The lowest BCUT2D eigenvalue weighted by Crippen LogP contribution is -2.35. The number of hydrogen-bond acceptors (Lipinski definition) is 5. The summed E-state index contributed by atoms with van der Waals surface area (Å²) in [6, 6.07) is 25.2. The van der Waals surface area contributed by atoms with Crippen LogP contribution in [0, 0.1) is 0 Å². The van der Waals surface area contributed by atoms with Crippen LogP contribution in [0.15, 0.2) is 91.1 Å².